The summed E-state index contributed by atoms with van der Waals surface area (Å²) in [4.78, 5) is 2.51. The van der Waals surface area contributed by atoms with Gasteiger partial charge in [0.15, 0.2) is 0 Å². The second-order valence-electron chi connectivity index (χ2n) is 4.29. The summed E-state index contributed by atoms with van der Waals surface area (Å²) in [5, 5.41) is 3.26. The second kappa shape index (κ2) is 3.51. The van der Waals surface area contributed by atoms with Crippen molar-refractivity contribution in [3.63, 3.8) is 0 Å². The monoisotopic (exact) mass is 204 g/mol. The molecule has 0 spiro atoms. The molecule has 0 amide bonds. The first-order valence-corrected chi connectivity index (χ1v) is 5.49. The molecule has 0 saturated carbocycles. The molecule has 0 aliphatic carbocycles. The Hall–Kier alpha value is -1.06. The maximum absolute atomic E-state index is 5.25. The minimum atomic E-state index is 0.641. The Morgan fingerprint density at radius 2 is 2.20 bits per heavy atom. The third kappa shape index (κ3) is 1.43. The SMILES string of the molecule is CNc1cccc2c1CN(C1COC1)C2. The lowest BCUT2D eigenvalue weighted by Crippen LogP contribution is -2.46. The van der Waals surface area contributed by atoms with Crippen molar-refractivity contribution in [1.82, 2.24) is 4.90 Å². The summed E-state index contributed by atoms with van der Waals surface area (Å²) < 4.78 is 5.25. The van der Waals surface area contributed by atoms with E-state index in [2.05, 4.69) is 28.4 Å². The van der Waals surface area contributed by atoms with E-state index in [1.165, 1.54) is 16.8 Å². The van der Waals surface area contributed by atoms with Crippen LogP contribution < -0.4 is 5.32 Å². The Morgan fingerprint density at radius 3 is 2.87 bits per heavy atom. The maximum Gasteiger partial charge on any atom is 0.0645 e. The lowest BCUT2D eigenvalue weighted by Gasteiger charge is -2.34. The number of fused-ring (bicyclic) bond motifs is 1. The lowest BCUT2D eigenvalue weighted by atomic mass is 10.1. The van der Waals surface area contributed by atoms with Crippen molar-refractivity contribution >= 4 is 5.69 Å². The van der Waals surface area contributed by atoms with Crippen molar-refractivity contribution in [2.24, 2.45) is 0 Å². The van der Waals surface area contributed by atoms with Gasteiger partial charge < -0.3 is 10.1 Å². The zero-order chi connectivity index (χ0) is 10.3. The molecule has 80 valence electrons. The molecule has 0 bridgehead atoms. The molecule has 0 aromatic heterocycles. The van der Waals surface area contributed by atoms with Crippen molar-refractivity contribution in [3.05, 3.63) is 29.3 Å². The van der Waals surface area contributed by atoms with Gasteiger partial charge in [0.25, 0.3) is 0 Å². The van der Waals surface area contributed by atoms with Crippen LogP contribution in [0.2, 0.25) is 0 Å². The van der Waals surface area contributed by atoms with E-state index in [0.29, 0.717) is 6.04 Å². The molecular weight excluding hydrogens is 188 g/mol. The predicted molar refractivity (Wildman–Crippen MR) is 59.8 cm³/mol. The minimum Gasteiger partial charge on any atom is -0.388 e. The molecule has 0 unspecified atom stereocenters. The fourth-order valence-corrected chi connectivity index (χ4v) is 2.37. The normalized spacial score (nSPS) is 21.1. The number of nitrogens with one attached hydrogen (secondary N) is 1. The van der Waals surface area contributed by atoms with Crippen molar-refractivity contribution in [2.75, 3.05) is 25.6 Å². The van der Waals surface area contributed by atoms with Gasteiger partial charge in [0.05, 0.1) is 19.3 Å². The van der Waals surface area contributed by atoms with Crippen LogP contribution in [0.25, 0.3) is 0 Å². The lowest BCUT2D eigenvalue weighted by molar-refractivity contribution is -0.0669. The molecule has 3 rings (SSSR count). The molecule has 0 atom stereocenters. The number of anilines is 1. The Labute approximate surface area is 90.0 Å². The maximum atomic E-state index is 5.25. The average Bonchev–Trinajstić information content (AvgIpc) is 2.57. The van der Waals surface area contributed by atoms with Crippen molar-refractivity contribution in [2.45, 2.75) is 19.1 Å². The first-order valence-electron chi connectivity index (χ1n) is 5.49. The van der Waals surface area contributed by atoms with Crippen LogP contribution in [-0.4, -0.2) is 31.2 Å². The molecule has 1 saturated heterocycles. The molecule has 2 heterocycles. The third-order valence-electron chi connectivity index (χ3n) is 3.41. The highest BCUT2D eigenvalue weighted by atomic mass is 16.5. The van der Waals surface area contributed by atoms with Crippen LogP contribution in [-0.2, 0) is 17.8 Å². The molecule has 2 aliphatic rings. The molecule has 1 fully saturated rings. The molecule has 3 nitrogen and oxygen atoms in total. The topological polar surface area (TPSA) is 24.5 Å². The Kier molecular flexibility index (Phi) is 2.15. The van der Waals surface area contributed by atoms with Crippen LogP contribution in [0.4, 0.5) is 5.69 Å². The summed E-state index contributed by atoms with van der Waals surface area (Å²) in [5.41, 5.74) is 4.20. The van der Waals surface area contributed by atoms with Crippen LogP contribution >= 0.6 is 0 Å². The van der Waals surface area contributed by atoms with Gasteiger partial charge in [-0.2, -0.15) is 0 Å². The Morgan fingerprint density at radius 1 is 1.33 bits per heavy atom. The van der Waals surface area contributed by atoms with Crippen LogP contribution in [0.1, 0.15) is 11.1 Å². The zero-order valence-corrected chi connectivity index (χ0v) is 8.99. The number of hydrogen-bond donors (Lipinski definition) is 1. The smallest absolute Gasteiger partial charge is 0.0645 e. The third-order valence-corrected chi connectivity index (χ3v) is 3.41. The minimum absolute atomic E-state index is 0.641. The van der Waals surface area contributed by atoms with E-state index in [-0.39, 0.29) is 0 Å². The van der Waals surface area contributed by atoms with Crippen molar-refractivity contribution < 1.29 is 4.74 Å². The van der Waals surface area contributed by atoms with Gasteiger partial charge in [-0.25, -0.2) is 0 Å². The number of benzene rings is 1. The summed E-state index contributed by atoms with van der Waals surface area (Å²) >= 11 is 0. The fourth-order valence-electron chi connectivity index (χ4n) is 2.37. The van der Waals surface area contributed by atoms with Gasteiger partial charge in [0.1, 0.15) is 0 Å². The van der Waals surface area contributed by atoms with Gasteiger partial charge in [-0.15, -0.1) is 0 Å². The summed E-state index contributed by atoms with van der Waals surface area (Å²) in [6, 6.07) is 7.16. The second-order valence-corrected chi connectivity index (χ2v) is 4.29. The van der Waals surface area contributed by atoms with E-state index < -0.39 is 0 Å². The summed E-state index contributed by atoms with van der Waals surface area (Å²) in [5.74, 6) is 0. The largest absolute Gasteiger partial charge is 0.388 e. The number of hydrogen-bond acceptors (Lipinski definition) is 3. The molecule has 1 N–H and O–H groups in total. The Balaban J connectivity index is 1.85. The molecule has 1 aromatic rings. The molecule has 0 radical (unpaired) electrons. The van der Waals surface area contributed by atoms with E-state index in [0.717, 1.165) is 26.3 Å². The molecule has 2 aliphatic heterocycles. The molecular formula is C12H16N2O. The molecule has 3 heteroatoms. The van der Waals surface area contributed by atoms with E-state index in [9.17, 15) is 0 Å². The Bertz CT molecular complexity index is 374. The highest BCUT2D eigenvalue weighted by Gasteiger charge is 2.31. The van der Waals surface area contributed by atoms with E-state index in [1.807, 2.05) is 7.05 Å². The zero-order valence-electron chi connectivity index (χ0n) is 8.99. The van der Waals surface area contributed by atoms with Crippen molar-refractivity contribution in [3.8, 4) is 0 Å². The average molecular weight is 204 g/mol. The number of nitrogens with zero attached hydrogens (tertiary/aromatic N) is 1. The van der Waals surface area contributed by atoms with Gasteiger partial charge in [-0.1, -0.05) is 12.1 Å². The van der Waals surface area contributed by atoms with Gasteiger partial charge in [0.2, 0.25) is 0 Å². The number of rotatable bonds is 2. The van der Waals surface area contributed by atoms with E-state index in [1.54, 1.807) is 0 Å². The molecule has 15 heavy (non-hydrogen) atoms. The summed E-state index contributed by atoms with van der Waals surface area (Å²) in [7, 11) is 1.99. The quantitative estimate of drug-likeness (QED) is 0.789. The van der Waals surface area contributed by atoms with Crippen LogP contribution in [0, 0.1) is 0 Å². The number of ether oxygens (including phenoxy) is 1. The first kappa shape index (κ1) is 9.19. The van der Waals surface area contributed by atoms with Gasteiger partial charge in [-0.05, 0) is 17.2 Å². The van der Waals surface area contributed by atoms with Crippen molar-refractivity contribution in [1.29, 1.82) is 0 Å². The van der Waals surface area contributed by atoms with Gasteiger partial charge in [-0.3, -0.25) is 4.90 Å². The van der Waals surface area contributed by atoms with Gasteiger partial charge in [0, 0.05) is 25.8 Å². The van der Waals surface area contributed by atoms with Gasteiger partial charge >= 0.3 is 0 Å². The van der Waals surface area contributed by atoms with Crippen LogP contribution in [0.15, 0.2) is 18.2 Å². The standard InChI is InChI=1S/C12H16N2O/c1-13-12-4-2-3-9-5-14(6-11(9)12)10-7-15-8-10/h2-4,10,13H,5-8H2,1H3. The molecule has 1 aromatic carbocycles. The predicted octanol–water partition coefficient (Wildman–Crippen LogP) is 1.44. The van der Waals surface area contributed by atoms with Crippen LogP contribution in [0.3, 0.4) is 0 Å². The fraction of sp³-hybridized carbons (Fsp3) is 0.500. The highest BCUT2D eigenvalue weighted by Crippen LogP contribution is 2.31. The van der Waals surface area contributed by atoms with Crippen LogP contribution in [0.5, 0.6) is 0 Å². The van der Waals surface area contributed by atoms with E-state index >= 15 is 0 Å². The summed E-state index contributed by atoms with van der Waals surface area (Å²) in [6.45, 7) is 3.96. The summed E-state index contributed by atoms with van der Waals surface area (Å²) in [6.07, 6.45) is 0. The van der Waals surface area contributed by atoms with E-state index in [4.69, 9.17) is 4.74 Å². The first-order chi connectivity index (χ1) is 7.38. The highest BCUT2D eigenvalue weighted by molar-refractivity contribution is 5.55.